The predicted octanol–water partition coefficient (Wildman–Crippen LogP) is 4.58. The molecule has 25 heavy (non-hydrogen) atoms. The van der Waals surface area contributed by atoms with E-state index in [1.807, 2.05) is 11.3 Å². The summed E-state index contributed by atoms with van der Waals surface area (Å²) in [4.78, 5) is 16.5. The number of thiophene rings is 1. The van der Waals surface area contributed by atoms with E-state index in [4.69, 9.17) is 0 Å². The lowest BCUT2D eigenvalue weighted by atomic mass is 9.61. The minimum atomic E-state index is 0.203. The van der Waals surface area contributed by atoms with Gasteiger partial charge in [-0.3, -0.25) is 4.79 Å². The second kappa shape index (κ2) is 7.40. The van der Waals surface area contributed by atoms with Gasteiger partial charge in [-0.2, -0.15) is 0 Å². The molecule has 1 N–H and O–H groups in total. The quantitative estimate of drug-likeness (QED) is 0.834. The maximum absolute atomic E-state index is 12.7. The molecular formula is C21H32N2OS. The van der Waals surface area contributed by atoms with Gasteiger partial charge in [-0.1, -0.05) is 19.4 Å². The molecule has 3 aliphatic rings. The van der Waals surface area contributed by atoms with E-state index in [9.17, 15) is 4.79 Å². The van der Waals surface area contributed by atoms with Crippen LogP contribution < -0.4 is 5.32 Å². The number of carbonyl (C=O) groups is 1. The number of carbonyl (C=O) groups excluding carboxylic acids is 1. The van der Waals surface area contributed by atoms with Gasteiger partial charge in [0.2, 0.25) is 5.91 Å². The van der Waals surface area contributed by atoms with Gasteiger partial charge in [0.25, 0.3) is 0 Å². The molecule has 0 unspecified atom stereocenters. The highest BCUT2D eigenvalue weighted by Crippen LogP contribution is 2.52. The van der Waals surface area contributed by atoms with Crippen LogP contribution in [0.3, 0.4) is 0 Å². The van der Waals surface area contributed by atoms with E-state index in [0.29, 0.717) is 17.9 Å². The van der Waals surface area contributed by atoms with Crippen LogP contribution in [0.5, 0.6) is 0 Å². The third-order valence-corrected chi connectivity index (χ3v) is 7.96. The average molecular weight is 361 g/mol. The molecule has 1 saturated carbocycles. The Kier molecular flexibility index (Phi) is 5.19. The molecular weight excluding hydrogens is 328 g/mol. The van der Waals surface area contributed by atoms with Gasteiger partial charge in [-0.15, -0.1) is 11.3 Å². The fraction of sp³-hybridized carbons (Fsp3) is 0.762. The number of rotatable bonds is 5. The van der Waals surface area contributed by atoms with E-state index in [-0.39, 0.29) is 5.54 Å². The largest absolute Gasteiger partial charge is 0.337 e. The smallest absolute Gasteiger partial charge is 0.223 e. The third-order valence-electron chi connectivity index (χ3n) is 7.09. The van der Waals surface area contributed by atoms with Gasteiger partial charge in [-0.25, -0.2) is 0 Å². The molecule has 2 saturated heterocycles. The Balaban J connectivity index is 1.56. The van der Waals surface area contributed by atoms with Gasteiger partial charge in [0.1, 0.15) is 0 Å². The maximum atomic E-state index is 12.7. The van der Waals surface area contributed by atoms with Gasteiger partial charge < -0.3 is 10.2 Å². The number of nitrogens with one attached hydrogen (secondary N) is 1. The maximum Gasteiger partial charge on any atom is 0.223 e. The SMILES string of the molecule is CCC[C@H]1[C@H](NCc2cccs2)CC[C@@]23CCCN2C(=O)CCC[C@@H]13. The summed E-state index contributed by atoms with van der Waals surface area (Å²) in [7, 11) is 0. The van der Waals surface area contributed by atoms with Gasteiger partial charge in [0, 0.05) is 36.0 Å². The second-order valence-electron chi connectivity index (χ2n) is 8.31. The Bertz CT molecular complexity index is 587. The summed E-state index contributed by atoms with van der Waals surface area (Å²) in [6, 6.07) is 5.00. The van der Waals surface area contributed by atoms with E-state index in [0.717, 1.165) is 31.8 Å². The van der Waals surface area contributed by atoms with Crippen LogP contribution >= 0.6 is 11.3 Å². The summed E-state index contributed by atoms with van der Waals surface area (Å²) in [5.41, 5.74) is 0.203. The van der Waals surface area contributed by atoms with Crippen molar-refractivity contribution in [3.05, 3.63) is 22.4 Å². The van der Waals surface area contributed by atoms with E-state index in [1.54, 1.807) is 0 Å². The molecule has 3 heterocycles. The third kappa shape index (κ3) is 3.16. The van der Waals surface area contributed by atoms with E-state index in [1.165, 1.54) is 49.8 Å². The zero-order valence-electron chi connectivity index (χ0n) is 15.5. The fourth-order valence-electron chi connectivity index (χ4n) is 6.13. The minimum absolute atomic E-state index is 0.203. The molecule has 4 rings (SSSR count). The van der Waals surface area contributed by atoms with Crippen LogP contribution in [-0.2, 0) is 11.3 Å². The predicted molar refractivity (Wildman–Crippen MR) is 104 cm³/mol. The summed E-state index contributed by atoms with van der Waals surface area (Å²) < 4.78 is 0. The van der Waals surface area contributed by atoms with E-state index >= 15 is 0 Å². The van der Waals surface area contributed by atoms with Gasteiger partial charge in [0.05, 0.1) is 0 Å². The first kappa shape index (κ1) is 17.5. The first-order chi connectivity index (χ1) is 12.2. The number of hydrogen-bond acceptors (Lipinski definition) is 3. The van der Waals surface area contributed by atoms with Crippen molar-refractivity contribution < 1.29 is 4.79 Å². The summed E-state index contributed by atoms with van der Waals surface area (Å²) in [5, 5.41) is 6.08. The summed E-state index contributed by atoms with van der Waals surface area (Å²) in [5.74, 6) is 1.88. The molecule has 1 aliphatic carbocycles. The van der Waals surface area contributed by atoms with Crippen molar-refractivity contribution in [3.63, 3.8) is 0 Å². The highest BCUT2D eigenvalue weighted by Gasteiger charge is 2.55. The standard InChI is InChI=1S/C21H32N2OS/c1-2-6-17-18-8-3-9-20(24)23-13-5-11-21(18,23)12-10-19(17)22-15-16-7-4-14-25-16/h4,7,14,17-19,22H,2-3,5-6,8-13,15H2,1H3/t17-,18+,19-,21-/m1/s1. The Morgan fingerprint density at radius 1 is 1.32 bits per heavy atom. The Morgan fingerprint density at radius 3 is 3.04 bits per heavy atom. The van der Waals surface area contributed by atoms with Crippen molar-refractivity contribution in [2.45, 2.75) is 82.8 Å². The average Bonchev–Trinajstić information content (AvgIpc) is 3.25. The molecule has 3 fully saturated rings. The van der Waals surface area contributed by atoms with Crippen LogP contribution in [0.25, 0.3) is 0 Å². The van der Waals surface area contributed by atoms with Crippen LogP contribution in [0.2, 0.25) is 0 Å². The lowest BCUT2D eigenvalue weighted by Gasteiger charge is -2.53. The molecule has 1 amide bonds. The van der Waals surface area contributed by atoms with Crippen LogP contribution in [0, 0.1) is 11.8 Å². The number of nitrogens with zero attached hydrogens (tertiary/aromatic N) is 1. The Labute approximate surface area is 156 Å². The molecule has 0 bridgehead atoms. The number of hydrogen-bond donors (Lipinski definition) is 1. The molecule has 0 radical (unpaired) electrons. The Hall–Kier alpha value is -0.870. The molecule has 1 spiro atoms. The van der Waals surface area contributed by atoms with Crippen molar-refractivity contribution in [1.29, 1.82) is 0 Å². The molecule has 4 atom stereocenters. The molecule has 138 valence electrons. The molecule has 3 nitrogen and oxygen atoms in total. The fourth-order valence-corrected chi connectivity index (χ4v) is 6.78. The lowest BCUT2D eigenvalue weighted by Crippen LogP contribution is -2.59. The van der Waals surface area contributed by atoms with Crippen molar-refractivity contribution in [3.8, 4) is 0 Å². The summed E-state index contributed by atoms with van der Waals surface area (Å²) in [6.45, 7) is 4.35. The molecule has 0 aromatic carbocycles. The van der Waals surface area contributed by atoms with Gasteiger partial charge in [0.15, 0.2) is 0 Å². The van der Waals surface area contributed by atoms with Crippen molar-refractivity contribution in [2.75, 3.05) is 6.54 Å². The van der Waals surface area contributed by atoms with Crippen LogP contribution in [0.4, 0.5) is 0 Å². The van der Waals surface area contributed by atoms with Crippen LogP contribution in [-0.4, -0.2) is 28.9 Å². The van der Waals surface area contributed by atoms with Crippen molar-refractivity contribution in [2.24, 2.45) is 11.8 Å². The minimum Gasteiger partial charge on any atom is -0.337 e. The number of amides is 1. The molecule has 1 aromatic heterocycles. The normalized spacial score (nSPS) is 35.3. The highest BCUT2D eigenvalue weighted by molar-refractivity contribution is 7.09. The molecule has 4 heteroatoms. The first-order valence-electron chi connectivity index (χ1n) is 10.3. The summed E-state index contributed by atoms with van der Waals surface area (Å²) >= 11 is 1.85. The zero-order chi connectivity index (χ0) is 17.3. The second-order valence-corrected chi connectivity index (χ2v) is 9.34. The highest BCUT2D eigenvalue weighted by atomic mass is 32.1. The van der Waals surface area contributed by atoms with E-state index < -0.39 is 0 Å². The van der Waals surface area contributed by atoms with Crippen molar-refractivity contribution >= 4 is 17.2 Å². The van der Waals surface area contributed by atoms with Crippen LogP contribution in [0.15, 0.2) is 17.5 Å². The van der Waals surface area contributed by atoms with Crippen molar-refractivity contribution in [1.82, 2.24) is 10.2 Å². The molecule has 1 aromatic rings. The van der Waals surface area contributed by atoms with Gasteiger partial charge in [-0.05, 0) is 68.2 Å². The Morgan fingerprint density at radius 2 is 2.24 bits per heavy atom. The lowest BCUT2D eigenvalue weighted by molar-refractivity contribution is -0.138. The van der Waals surface area contributed by atoms with Gasteiger partial charge >= 0.3 is 0 Å². The molecule has 2 aliphatic heterocycles. The van der Waals surface area contributed by atoms with E-state index in [2.05, 4.69) is 34.7 Å². The monoisotopic (exact) mass is 360 g/mol. The summed E-state index contributed by atoms with van der Waals surface area (Å²) in [6.07, 6.45) is 10.6. The zero-order valence-corrected chi connectivity index (χ0v) is 16.3. The van der Waals surface area contributed by atoms with Crippen LogP contribution in [0.1, 0.15) is 69.6 Å². The first-order valence-corrected chi connectivity index (χ1v) is 11.2. The topological polar surface area (TPSA) is 32.3 Å².